The molecule has 1 amide bonds. The van der Waals surface area contributed by atoms with Gasteiger partial charge in [-0.15, -0.1) is 0 Å². The second-order valence-corrected chi connectivity index (χ2v) is 7.40. The molecular weight excluding hydrogens is 402 g/mol. The van der Waals surface area contributed by atoms with Crippen LogP contribution in [-0.4, -0.2) is 45.6 Å². The summed E-state index contributed by atoms with van der Waals surface area (Å²) in [6.07, 6.45) is 1.48. The van der Waals surface area contributed by atoms with Crippen LogP contribution in [-0.2, 0) is 4.79 Å². The Morgan fingerprint density at radius 2 is 1.90 bits per heavy atom. The summed E-state index contributed by atoms with van der Waals surface area (Å²) in [6.45, 7) is 0. The highest BCUT2D eigenvalue weighted by molar-refractivity contribution is 7.99. The van der Waals surface area contributed by atoms with E-state index in [2.05, 4.69) is 15.1 Å². The molecule has 4 aromatic rings. The monoisotopic (exact) mass is 421 g/mol. The minimum absolute atomic E-state index is 0.0994. The van der Waals surface area contributed by atoms with Gasteiger partial charge in [0.1, 0.15) is 11.1 Å². The zero-order valence-corrected chi connectivity index (χ0v) is 17.2. The summed E-state index contributed by atoms with van der Waals surface area (Å²) >= 11 is 1.17. The number of nitrogens with zero attached hydrogens (tertiary/aromatic N) is 4. The van der Waals surface area contributed by atoms with E-state index in [1.165, 1.54) is 18.0 Å². The second kappa shape index (κ2) is 8.42. The Hall–Kier alpha value is -3.59. The number of carbonyl (C=O) groups is 1. The van der Waals surface area contributed by atoms with Gasteiger partial charge < -0.3 is 14.6 Å². The standard InChI is InChI=1S/C21H19N5O3S/c1-25(14-6-4-3-5-7-14)18(27)13-30-21-23-19-17(20(28)24-21)12-22-26(19)15-8-10-16(29-2)11-9-15/h3-12H,13H2,1-2H3,(H,23,24,28). The Bertz CT molecular complexity index is 1240. The highest BCUT2D eigenvalue weighted by atomic mass is 32.2. The number of benzene rings is 2. The van der Waals surface area contributed by atoms with Gasteiger partial charge in [0.15, 0.2) is 10.8 Å². The number of hydrogen-bond donors (Lipinski definition) is 1. The van der Waals surface area contributed by atoms with E-state index in [1.807, 2.05) is 54.6 Å². The van der Waals surface area contributed by atoms with Crippen molar-refractivity contribution in [3.8, 4) is 11.4 Å². The summed E-state index contributed by atoms with van der Waals surface area (Å²) in [5, 5.41) is 5.03. The Morgan fingerprint density at radius 3 is 2.60 bits per heavy atom. The van der Waals surface area contributed by atoms with Crippen LogP contribution in [0.2, 0.25) is 0 Å². The lowest BCUT2D eigenvalue weighted by molar-refractivity contribution is -0.115. The molecule has 30 heavy (non-hydrogen) atoms. The minimum Gasteiger partial charge on any atom is -0.497 e. The van der Waals surface area contributed by atoms with Crippen molar-refractivity contribution in [1.29, 1.82) is 0 Å². The molecule has 2 aromatic heterocycles. The molecule has 2 aromatic carbocycles. The van der Waals surface area contributed by atoms with Gasteiger partial charge in [0.25, 0.3) is 5.56 Å². The number of hydrogen-bond acceptors (Lipinski definition) is 6. The van der Waals surface area contributed by atoms with Gasteiger partial charge >= 0.3 is 0 Å². The summed E-state index contributed by atoms with van der Waals surface area (Å²) in [5.74, 6) is 0.757. The molecule has 9 heteroatoms. The lowest BCUT2D eigenvalue weighted by Gasteiger charge is -2.16. The van der Waals surface area contributed by atoms with E-state index < -0.39 is 0 Å². The fourth-order valence-electron chi connectivity index (χ4n) is 2.90. The number of para-hydroxylation sites is 1. The van der Waals surface area contributed by atoms with Crippen LogP contribution in [0.4, 0.5) is 5.69 Å². The Kier molecular flexibility index (Phi) is 5.53. The zero-order valence-electron chi connectivity index (χ0n) is 16.4. The van der Waals surface area contributed by atoms with Crippen molar-refractivity contribution in [1.82, 2.24) is 19.7 Å². The van der Waals surface area contributed by atoms with Crippen molar-refractivity contribution in [3.05, 3.63) is 71.1 Å². The van der Waals surface area contributed by atoms with Gasteiger partial charge in [-0.1, -0.05) is 30.0 Å². The van der Waals surface area contributed by atoms with Crippen molar-refractivity contribution in [2.45, 2.75) is 5.16 Å². The van der Waals surface area contributed by atoms with Crippen LogP contribution in [0.15, 0.2) is 70.7 Å². The first-order valence-electron chi connectivity index (χ1n) is 9.13. The molecule has 8 nitrogen and oxygen atoms in total. The summed E-state index contributed by atoms with van der Waals surface area (Å²) < 4.78 is 6.77. The van der Waals surface area contributed by atoms with Crippen molar-refractivity contribution in [2.75, 3.05) is 24.8 Å². The van der Waals surface area contributed by atoms with Crippen molar-refractivity contribution >= 4 is 34.4 Å². The van der Waals surface area contributed by atoms with E-state index in [4.69, 9.17) is 4.74 Å². The molecule has 0 saturated carbocycles. The van der Waals surface area contributed by atoms with Crippen molar-refractivity contribution < 1.29 is 9.53 Å². The smallest absolute Gasteiger partial charge is 0.262 e. The Morgan fingerprint density at radius 1 is 1.17 bits per heavy atom. The van der Waals surface area contributed by atoms with Crippen molar-refractivity contribution in [3.63, 3.8) is 0 Å². The average Bonchev–Trinajstić information content (AvgIpc) is 3.22. The molecule has 1 N–H and O–H groups in total. The van der Waals surface area contributed by atoms with Crippen LogP contribution in [0.1, 0.15) is 0 Å². The molecule has 0 unspecified atom stereocenters. The molecule has 0 spiro atoms. The Balaban J connectivity index is 1.57. The summed E-state index contributed by atoms with van der Waals surface area (Å²) in [4.78, 5) is 33.8. The maximum absolute atomic E-state index is 12.5. The van der Waals surface area contributed by atoms with Gasteiger partial charge in [-0.2, -0.15) is 5.10 Å². The number of H-pyrrole nitrogens is 1. The first-order chi connectivity index (χ1) is 14.6. The molecule has 152 valence electrons. The van der Waals surface area contributed by atoms with Crippen LogP contribution in [0, 0.1) is 0 Å². The molecule has 0 aliphatic carbocycles. The van der Waals surface area contributed by atoms with Crippen LogP contribution in [0.5, 0.6) is 5.75 Å². The number of nitrogens with one attached hydrogen (secondary N) is 1. The molecule has 0 radical (unpaired) electrons. The third kappa shape index (κ3) is 3.92. The predicted octanol–water partition coefficient (Wildman–Crippen LogP) is 2.87. The van der Waals surface area contributed by atoms with Gasteiger partial charge in [0.05, 0.1) is 24.7 Å². The van der Waals surface area contributed by atoms with E-state index in [-0.39, 0.29) is 17.2 Å². The van der Waals surface area contributed by atoms with E-state index in [1.54, 1.807) is 23.7 Å². The topological polar surface area (TPSA) is 93.1 Å². The van der Waals surface area contributed by atoms with Crippen LogP contribution in [0.3, 0.4) is 0 Å². The van der Waals surface area contributed by atoms with Crippen LogP contribution < -0.4 is 15.2 Å². The Labute approximate surface area is 176 Å². The number of carbonyl (C=O) groups excluding carboxylic acids is 1. The molecule has 2 heterocycles. The number of aromatic nitrogens is 4. The molecule has 0 atom stereocenters. The molecule has 0 aliphatic rings. The first-order valence-corrected chi connectivity index (χ1v) is 10.1. The largest absolute Gasteiger partial charge is 0.497 e. The summed E-state index contributed by atoms with van der Waals surface area (Å²) in [6, 6.07) is 16.7. The first kappa shape index (κ1) is 19.7. The van der Waals surface area contributed by atoms with Gasteiger partial charge in [0.2, 0.25) is 5.91 Å². The molecule has 4 rings (SSSR count). The van der Waals surface area contributed by atoms with Gasteiger partial charge in [-0.25, -0.2) is 9.67 Å². The average molecular weight is 421 g/mol. The maximum Gasteiger partial charge on any atom is 0.262 e. The fourth-order valence-corrected chi connectivity index (χ4v) is 3.67. The van der Waals surface area contributed by atoms with E-state index >= 15 is 0 Å². The number of rotatable bonds is 6. The highest BCUT2D eigenvalue weighted by Gasteiger charge is 2.15. The SMILES string of the molecule is COc1ccc(-n2ncc3c(=O)[nH]c(SCC(=O)N(C)c4ccccc4)nc32)cc1. The maximum atomic E-state index is 12.5. The minimum atomic E-state index is -0.300. The third-order valence-electron chi connectivity index (χ3n) is 4.58. The van der Waals surface area contributed by atoms with E-state index in [0.717, 1.165) is 17.1 Å². The fraction of sp³-hybridized carbons (Fsp3) is 0.143. The van der Waals surface area contributed by atoms with Crippen LogP contribution in [0.25, 0.3) is 16.7 Å². The number of thioether (sulfide) groups is 1. The van der Waals surface area contributed by atoms with Gasteiger partial charge in [-0.3, -0.25) is 9.59 Å². The molecule has 0 bridgehead atoms. The van der Waals surface area contributed by atoms with E-state index in [0.29, 0.717) is 16.2 Å². The normalized spacial score (nSPS) is 10.9. The highest BCUT2D eigenvalue weighted by Crippen LogP contribution is 2.21. The lowest BCUT2D eigenvalue weighted by atomic mass is 10.3. The molecular formula is C21H19N5O3S. The van der Waals surface area contributed by atoms with Gasteiger partial charge in [-0.05, 0) is 36.4 Å². The number of anilines is 1. The zero-order chi connectivity index (χ0) is 21.1. The number of methoxy groups -OCH3 is 1. The number of ether oxygens (including phenoxy) is 1. The van der Waals surface area contributed by atoms with Crippen molar-refractivity contribution in [2.24, 2.45) is 0 Å². The lowest BCUT2D eigenvalue weighted by Crippen LogP contribution is -2.28. The quantitative estimate of drug-likeness (QED) is 0.380. The second-order valence-electron chi connectivity index (χ2n) is 6.44. The number of amides is 1. The summed E-state index contributed by atoms with van der Waals surface area (Å²) in [5.41, 5.74) is 1.68. The predicted molar refractivity (Wildman–Crippen MR) is 117 cm³/mol. The molecule has 0 fully saturated rings. The molecule has 0 aliphatic heterocycles. The number of fused-ring (bicyclic) bond motifs is 1. The van der Waals surface area contributed by atoms with Gasteiger partial charge in [0, 0.05) is 12.7 Å². The summed E-state index contributed by atoms with van der Waals surface area (Å²) in [7, 11) is 3.32. The molecule has 0 saturated heterocycles. The van der Waals surface area contributed by atoms with E-state index in [9.17, 15) is 9.59 Å². The number of aromatic amines is 1. The van der Waals surface area contributed by atoms with Crippen LogP contribution >= 0.6 is 11.8 Å². The third-order valence-corrected chi connectivity index (χ3v) is 5.44.